The van der Waals surface area contributed by atoms with Crippen LogP contribution in [-0.4, -0.2) is 20.3 Å². The maximum atomic E-state index is 13.6. The van der Waals surface area contributed by atoms with Crippen molar-refractivity contribution in [2.24, 2.45) is 5.73 Å². The van der Waals surface area contributed by atoms with E-state index in [-0.39, 0.29) is 11.7 Å². The summed E-state index contributed by atoms with van der Waals surface area (Å²) in [5.74, 6) is 1.28. The molecule has 2 aromatic rings. The van der Waals surface area contributed by atoms with Gasteiger partial charge in [0.05, 0.1) is 13.7 Å². The largest absolute Gasteiger partial charge is 0.496 e. The number of hydrogen-bond donors (Lipinski definition) is 1. The van der Waals surface area contributed by atoms with E-state index in [1.165, 1.54) is 25.0 Å². The molecule has 2 aromatic carbocycles. The molecule has 1 atom stereocenters. The van der Waals surface area contributed by atoms with E-state index in [4.69, 9.17) is 15.2 Å². The molecule has 0 aliphatic heterocycles. The average Bonchev–Trinajstić information content (AvgIpc) is 2.64. The molecule has 0 radical (unpaired) electrons. The highest BCUT2D eigenvalue weighted by molar-refractivity contribution is 5.38. The van der Waals surface area contributed by atoms with E-state index in [0.717, 1.165) is 36.3 Å². The lowest BCUT2D eigenvalue weighted by Gasteiger charge is -2.19. The molecule has 136 valence electrons. The first kappa shape index (κ1) is 19.3. The molecular weight excluding hydrogens is 317 g/mol. The Morgan fingerprint density at radius 3 is 2.48 bits per heavy atom. The van der Waals surface area contributed by atoms with Crippen molar-refractivity contribution in [3.8, 4) is 11.5 Å². The number of halogens is 1. The molecule has 0 aliphatic rings. The SMILES string of the molecule is CCCCCOc1ccc(CC(CN)c2cc(F)ccc2OC)cc1. The second kappa shape index (κ2) is 10.0. The van der Waals surface area contributed by atoms with E-state index in [2.05, 4.69) is 6.92 Å². The van der Waals surface area contributed by atoms with Crippen LogP contribution in [0, 0.1) is 5.82 Å². The molecule has 2 rings (SSSR count). The third-order valence-corrected chi connectivity index (χ3v) is 4.34. The summed E-state index contributed by atoms with van der Waals surface area (Å²) in [6.07, 6.45) is 4.18. The molecule has 0 fully saturated rings. The third kappa shape index (κ3) is 5.75. The summed E-state index contributed by atoms with van der Waals surface area (Å²) in [5.41, 5.74) is 7.90. The number of unbranched alkanes of at least 4 members (excludes halogenated alkanes) is 2. The molecule has 0 heterocycles. The second-order valence-electron chi connectivity index (χ2n) is 6.22. The van der Waals surface area contributed by atoms with Crippen LogP contribution in [0.4, 0.5) is 4.39 Å². The predicted molar refractivity (Wildman–Crippen MR) is 99.9 cm³/mol. The van der Waals surface area contributed by atoms with Gasteiger partial charge in [0.2, 0.25) is 0 Å². The molecule has 2 N–H and O–H groups in total. The van der Waals surface area contributed by atoms with Crippen LogP contribution >= 0.6 is 0 Å². The number of nitrogens with two attached hydrogens (primary N) is 1. The van der Waals surface area contributed by atoms with Gasteiger partial charge in [0.15, 0.2) is 0 Å². The summed E-state index contributed by atoms with van der Waals surface area (Å²) >= 11 is 0. The van der Waals surface area contributed by atoms with E-state index in [1.54, 1.807) is 13.2 Å². The fourth-order valence-electron chi connectivity index (χ4n) is 2.89. The zero-order valence-corrected chi connectivity index (χ0v) is 15.1. The topological polar surface area (TPSA) is 44.5 Å². The van der Waals surface area contributed by atoms with E-state index in [1.807, 2.05) is 24.3 Å². The quantitative estimate of drug-likeness (QED) is 0.636. The standard InChI is InChI=1S/C21H28FNO2/c1-3-4-5-12-25-19-9-6-16(7-10-19)13-17(15-23)20-14-18(22)8-11-21(20)24-2/h6-11,14,17H,3-5,12-13,15,23H2,1-2H3. The van der Waals surface area contributed by atoms with Gasteiger partial charge in [-0.25, -0.2) is 4.39 Å². The van der Waals surface area contributed by atoms with Crippen molar-refractivity contribution in [1.82, 2.24) is 0 Å². The Balaban J connectivity index is 2.03. The molecule has 0 bridgehead atoms. The Hall–Kier alpha value is -2.07. The van der Waals surface area contributed by atoms with Crippen LogP contribution in [0.15, 0.2) is 42.5 Å². The Bertz CT molecular complexity index is 643. The van der Waals surface area contributed by atoms with Crippen molar-refractivity contribution >= 4 is 0 Å². The Morgan fingerprint density at radius 1 is 1.08 bits per heavy atom. The molecule has 0 amide bonds. The zero-order valence-electron chi connectivity index (χ0n) is 15.1. The van der Waals surface area contributed by atoms with Gasteiger partial charge in [0.1, 0.15) is 17.3 Å². The van der Waals surface area contributed by atoms with Crippen molar-refractivity contribution in [3.05, 3.63) is 59.4 Å². The number of methoxy groups -OCH3 is 1. The van der Waals surface area contributed by atoms with E-state index in [0.29, 0.717) is 12.3 Å². The molecule has 1 unspecified atom stereocenters. The molecule has 4 heteroatoms. The lowest BCUT2D eigenvalue weighted by molar-refractivity contribution is 0.306. The minimum Gasteiger partial charge on any atom is -0.496 e. The Labute approximate surface area is 150 Å². The van der Waals surface area contributed by atoms with Gasteiger partial charge in [-0.2, -0.15) is 0 Å². The first-order valence-electron chi connectivity index (χ1n) is 8.93. The third-order valence-electron chi connectivity index (χ3n) is 4.34. The van der Waals surface area contributed by atoms with Gasteiger partial charge >= 0.3 is 0 Å². The molecule has 25 heavy (non-hydrogen) atoms. The van der Waals surface area contributed by atoms with Gasteiger partial charge in [-0.15, -0.1) is 0 Å². The maximum Gasteiger partial charge on any atom is 0.123 e. The van der Waals surface area contributed by atoms with Gasteiger partial charge in [-0.3, -0.25) is 0 Å². The second-order valence-corrected chi connectivity index (χ2v) is 6.22. The van der Waals surface area contributed by atoms with Crippen LogP contribution in [0.5, 0.6) is 11.5 Å². The fourth-order valence-corrected chi connectivity index (χ4v) is 2.89. The van der Waals surface area contributed by atoms with Crippen molar-refractivity contribution in [1.29, 1.82) is 0 Å². The van der Waals surface area contributed by atoms with Gasteiger partial charge in [-0.05, 0) is 55.3 Å². The van der Waals surface area contributed by atoms with Crippen LogP contribution in [0.3, 0.4) is 0 Å². The van der Waals surface area contributed by atoms with Crippen LogP contribution in [0.25, 0.3) is 0 Å². The van der Waals surface area contributed by atoms with Gasteiger partial charge in [0.25, 0.3) is 0 Å². The molecule has 0 aliphatic carbocycles. The highest BCUT2D eigenvalue weighted by Crippen LogP contribution is 2.30. The summed E-state index contributed by atoms with van der Waals surface area (Å²) in [6.45, 7) is 3.35. The van der Waals surface area contributed by atoms with Crippen molar-refractivity contribution < 1.29 is 13.9 Å². The van der Waals surface area contributed by atoms with Crippen LogP contribution in [0.1, 0.15) is 43.2 Å². The number of hydrogen-bond acceptors (Lipinski definition) is 3. The van der Waals surface area contributed by atoms with Crippen molar-refractivity contribution in [2.45, 2.75) is 38.5 Å². The number of ether oxygens (including phenoxy) is 2. The monoisotopic (exact) mass is 345 g/mol. The fraction of sp³-hybridized carbons (Fsp3) is 0.429. The summed E-state index contributed by atoms with van der Waals surface area (Å²) in [4.78, 5) is 0. The smallest absolute Gasteiger partial charge is 0.123 e. The molecule has 0 aromatic heterocycles. The Kier molecular flexibility index (Phi) is 7.74. The minimum atomic E-state index is -0.273. The highest BCUT2D eigenvalue weighted by atomic mass is 19.1. The van der Waals surface area contributed by atoms with Crippen molar-refractivity contribution in [3.63, 3.8) is 0 Å². The van der Waals surface area contributed by atoms with E-state index in [9.17, 15) is 4.39 Å². The van der Waals surface area contributed by atoms with Gasteiger partial charge < -0.3 is 15.2 Å². The summed E-state index contributed by atoms with van der Waals surface area (Å²) in [6, 6.07) is 12.6. The molecule has 0 saturated carbocycles. The Morgan fingerprint density at radius 2 is 1.84 bits per heavy atom. The van der Waals surface area contributed by atoms with Crippen LogP contribution in [-0.2, 0) is 6.42 Å². The average molecular weight is 345 g/mol. The summed E-state index contributed by atoms with van der Waals surface area (Å²) in [7, 11) is 1.59. The number of benzene rings is 2. The van der Waals surface area contributed by atoms with Crippen LogP contribution in [0.2, 0.25) is 0 Å². The molecule has 0 saturated heterocycles. The maximum absolute atomic E-state index is 13.6. The lowest BCUT2D eigenvalue weighted by Crippen LogP contribution is -2.16. The summed E-state index contributed by atoms with van der Waals surface area (Å²) in [5, 5.41) is 0. The van der Waals surface area contributed by atoms with E-state index >= 15 is 0 Å². The van der Waals surface area contributed by atoms with Gasteiger partial charge in [0, 0.05) is 11.5 Å². The highest BCUT2D eigenvalue weighted by Gasteiger charge is 2.16. The van der Waals surface area contributed by atoms with Crippen molar-refractivity contribution in [2.75, 3.05) is 20.3 Å². The van der Waals surface area contributed by atoms with E-state index < -0.39 is 0 Å². The van der Waals surface area contributed by atoms with Crippen LogP contribution < -0.4 is 15.2 Å². The first-order valence-corrected chi connectivity index (χ1v) is 8.93. The zero-order chi connectivity index (χ0) is 18.1. The molecular formula is C21H28FNO2. The predicted octanol–water partition coefficient (Wildman–Crippen LogP) is 4.69. The normalized spacial score (nSPS) is 12.0. The molecule has 0 spiro atoms. The minimum absolute atomic E-state index is 0.00183. The first-order chi connectivity index (χ1) is 12.2. The lowest BCUT2D eigenvalue weighted by atomic mass is 9.91. The molecule has 3 nitrogen and oxygen atoms in total. The number of rotatable bonds is 10. The summed E-state index contributed by atoms with van der Waals surface area (Å²) < 4.78 is 24.7. The van der Waals surface area contributed by atoms with Gasteiger partial charge in [-0.1, -0.05) is 31.9 Å².